The van der Waals surface area contributed by atoms with Crippen LogP contribution in [0.25, 0.3) is 100 Å². The predicted molar refractivity (Wildman–Crippen MR) is 232 cm³/mol. The van der Waals surface area contributed by atoms with Gasteiger partial charge in [-0.15, -0.1) is 0 Å². The number of aromatic nitrogens is 4. The molecule has 11 aromatic rings. The van der Waals surface area contributed by atoms with Crippen molar-refractivity contribution in [3.63, 3.8) is 0 Å². The molecule has 56 heavy (non-hydrogen) atoms. The molecule has 0 N–H and O–H groups in total. The molecule has 4 heteroatoms. The maximum Gasteiger partial charge on any atom is 0.160 e. The van der Waals surface area contributed by atoms with Crippen molar-refractivity contribution in [2.75, 3.05) is 0 Å². The van der Waals surface area contributed by atoms with E-state index in [4.69, 9.17) is 9.97 Å². The second kappa shape index (κ2) is 13.1. The fourth-order valence-corrected chi connectivity index (χ4v) is 8.34. The molecule has 11 rings (SSSR count). The van der Waals surface area contributed by atoms with E-state index in [1.807, 2.05) is 36.4 Å². The molecule has 0 bridgehead atoms. The minimum absolute atomic E-state index is 0.703. The molecule has 0 aliphatic rings. The van der Waals surface area contributed by atoms with Crippen molar-refractivity contribution in [1.82, 2.24) is 19.1 Å². The van der Waals surface area contributed by atoms with Gasteiger partial charge < -0.3 is 9.13 Å². The van der Waals surface area contributed by atoms with Crippen molar-refractivity contribution in [3.05, 3.63) is 206 Å². The summed E-state index contributed by atoms with van der Waals surface area (Å²) in [5.74, 6) is 0.703. The van der Waals surface area contributed by atoms with Crippen LogP contribution in [-0.2, 0) is 0 Å². The molecule has 0 aliphatic carbocycles. The second-order valence-corrected chi connectivity index (χ2v) is 14.2. The van der Waals surface area contributed by atoms with Crippen LogP contribution in [0.1, 0.15) is 0 Å². The van der Waals surface area contributed by atoms with Crippen LogP contribution in [0.3, 0.4) is 0 Å². The molecule has 0 spiro atoms. The van der Waals surface area contributed by atoms with Crippen molar-refractivity contribution in [1.29, 1.82) is 0 Å². The van der Waals surface area contributed by atoms with E-state index in [0.717, 1.165) is 56.1 Å². The number of fused-ring (bicyclic) bond motifs is 6. The lowest BCUT2D eigenvalue weighted by Gasteiger charge is -2.17. The molecule has 0 amide bonds. The molecule has 0 saturated heterocycles. The number of hydrogen-bond donors (Lipinski definition) is 0. The van der Waals surface area contributed by atoms with Gasteiger partial charge in [0.05, 0.1) is 44.8 Å². The Hall–Kier alpha value is -7.56. The smallest absolute Gasteiger partial charge is 0.160 e. The third-order valence-electron chi connectivity index (χ3n) is 11.0. The fourth-order valence-electron chi connectivity index (χ4n) is 8.34. The Labute approximate surface area is 324 Å². The monoisotopic (exact) mass is 714 g/mol. The number of nitrogens with zero attached hydrogens (tertiary/aromatic N) is 4. The summed E-state index contributed by atoms with van der Waals surface area (Å²) in [4.78, 5) is 10.1. The lowest BCUT2D eigenvalue weighted by Crippen LogP contribution is -2.03. The summed E-state index contributed by atoms with van der Waals surface area (Å²) in [6.45, 7) is 0. The highest BCUT2D eigenvalue weighted by atomic mass is 15.1. The first kappa shape index (κ1) is 31.9. The number of benzene rings is 8. The molecular weight excluding hydrogens is 681 g/mol. The Morgan fingerprint density at radius 1 is 0.268 bits per heavy atom. The molecule has 262 valence electrons. The zero-order valence-electron chi connectivity index (χ0n) is 30.4. The van der Waals surface area contributed by atoms with Gasteiger partial charge in [-0.3, -0.25) is 0 Å². The maximum atomic E-state index is 5.06. The van der Waals surface area contributed by atoms with E-state index in [1.165, 1.54) is 38.1 Å². The van der Waals surface area contributed by atoms with Crippen molar-refractivity contribution in [2.24, 2.45) is 0 Å². The summed E-state index contributed by atoms with van der Waals surface area (Å²) in [6.07, 6.45) is 0. The molecule has 3 aromatic heterocycles. The molecule has 4 nitrogen and oxygen atoms in total. The summed E-state index contributed by atoms with van der Waals surface area (Å²) >= 11 is 0. The van der Waals surface area contributed by atoms with E-state index < -0.39 is 0 Å². The molecule has 0 aliphatic heterocycles. The summed E-state index contributed by atoms with van der Waals surface area (Å²) in [5, 5.41) is 4.95. The van der Waals surface area contributed by atoms with Gasteiger partial charge >= 0.3 is 0 Å². The van der Waals surface area contributed by atoms with Crippen LogP contribution in [0.4, 0.5) is 0 Å². The van der Waals surface area contributed by atoms with Gasteiger partial charge in [0.25, 0.3) is 0 Å². The van der Waals surface area contributed by atoms with Crippen LogP contribution in [-0.4, -0.2) is 19.1 Å². The van der Waals surface area contributed by atoms with Crippen molar-refractivity contribution in [3.8, 4) is 56.4 Å². The van der Waals surface area contributed by atoms with E-state index in [-0.39, 0.29) is 0 Å². The topological polar surface area (TPSA) is 35.6 Å². The van der Waals surface area contributed by atoms with Crippen molar-refractivity contribution >= 4 is 43.6 Å². The molecule has 0 radical (unpaired) electrons. The average Bonchev–Trinajstić information content (AvgIpc) is 3.79. The van der Waals surface area contributed by atoms with Gasteiger partial charge in [0.15, 0.2) is 5.82 Å². The number of para-hydroxylation sites is 5. The zero-order valence-corrected chi connectivity index (χ0v) is 30.4. The minimum atomic E-state index is 0.703. The maximum absolute atomic E-state index is 5.06. The molecule has 3 heterocycles. The first-order chi connectivity index (χ1) is 27.8. The van der Waals surface area contributed by atoms with Gasteiger partial charge in [-0.25, -0.2) is 9.97 Å². The molecular formula is C52H34N4. The van der Waals surface area contributed by atoms with Gasteiger partial charge in [0.2, 0.25) is 0 Å². The van der Waals surface area contributed by atoms with Gasteiger partial charge in [0.1, 0.15) is 0 Å². The molecule has 0 atom stereocenters. The Morgan fingerprint density at radius 3 is 1.18 bits per heavy atom. The number of rotatable bonds is 6. The lowest BCUT2D eigenvalue weighted by atomic mass is 10.0. The minimum Gasteiger partial charge on any atom is -0.307 e. The van der Waals surface area contributed by atoms with E-state index >= 15 is 0 Å². The summed E-state index contributed by atoms with van der Waals surface area (Å²) in [7, 11) is 0. The first-order valence-electron chi connectivity index (χ1n) is 19.0. The average molecular weight is 715 g/mol. The fraction of sp³-hybridized carbons (Fsp3) is 0. The van der Waals surface area contributed by atoms with Crippen molar-refractivity contribution in [2.45, 2.75) is 0 Å². The molecule has 0 unspecified atom stereocenters. The second-order valence-electron chi connectivity index (χ2n) is 14.2. The quantitative estimate of drug-likeness (QED) is 0.172. The molecule has 8 aromatic carbocycles. The highest BCUT2D eigenvalue weighted by Gasteiger charge is 2.19. The van der Waals surface area contributed by atoms with Crippen molar-refractivity contribution < 1.29 is 0 Å². The highest BCUT2D eigenvalue weighted by molar-refractivity contribution is 6.12. The lowest BCUT2D eigenvalue weighted by molar-refractivity contribution is 1.10. The van der Waals surface area contributed by atoms with E-state index in [2.05, 4.69) is 179 Å². The zero-order chi connectivity index (χ0) is 37.0. The highest BCUT2D eigenvalue weighted by Crippen LogP contribution is 2.39. The predicted octanol–water partition coefficient (Wildman–Crippen LogP) is 13.3. The standard InChI is InChI=1S/C52H34N4/c1-3-15-36(16-4-1)44-34-45(37-17-5-2-6-18-37)54-52(53-44)38-29-27-35(28-30-38)39-31-32-43-42-21-9-12-24-48(42)56(51(43)33-39)50-26-14-13-25-49(50)55-46-22-10-7-19-40(46)41-20-8-11-23-47(41)55/h1-34H. The van der Waals surface area contributed by atoms with Crippen LogP contribution in [0.2, 0.25) is 0 Å². The summed E-state index contributed by atoms with van der Waals surface area (Å²) < 4.78 is 4.86. The van der Waals surface area contributed by atoms with Crippen LogP contribution >= 0.6 is 0 Å². The molecule has 0 saturated carbocycles. The van der Waals surface area contributed by atoms with E-state index in [0.29, 0.717) is 5.82 Å². The van der Waals surface area contributed by atoms with Crippen LogP contribution in [0.15, 0.2) is 206 Å². The normalized spacial score (nSPS) is 11.6. The third kappa shape index (κ3) is 5.23. The third-order valence-corrected chi connectivity index (χ3v) is 11.0. The van der Waals surface area contributed by atoms with Gasteiger partial charge in [-0.1, -0.05) is 164 Å². The van der Waals surface area contributed by atoms with Gasteiger partial charge in [-0.05, 0) is 53.6 Å². The van der Waals surface area contributed by atoms with Crippen LogP contribution in [0.5, 0.6) is 0 Å². The SMILES string of the molecule is c1ccc(-c2cc(-c3ccccc3)nc(-c3ccc(-c4ccc5c6ccccc6n(-c6ccccc6-n6c7ccccc7c7ccccc76)c5c4)cc3)n2)cc1. The van der Waals surface area contributed by atoms with E-state index in [9.17, 15) is 0 Å². The van der Waals surface area contributed by atoms with Gasteiger partial charge in [0, 0.05) is 38.2 Å². The Balaban J connectivity index is 1.05. The Bertz CT molecular complexity index is 3120. The molecule has 0 fully saturated rings. The van der Waals surface area contributed by atoms with E-state index in [1.54, 1.807) is 0 Å². The summed E-state index contributed by atoms with van der Waals surface area (Å²) in [5.41, 5.74) is 14.2. The largest absolute Gasteiger partial charge is 0.307 e. The van der Waals surface area contributed by atoms with Crippen LogP contribution < -0.4 is 0 Å². The first-order valence-corrected chi connectivity index (χ1v) is 19.0. The Morgan fingerprint density at radius 2 is 0.661 bits per heavy atom. The number of hydrogen-bond acceptors (Lipinski definition) is 2. The summed E-state index contributed by atoms with van der Waals surface area (Å²) in [6, 6.07) is 73.2. The Kier molecular flexibility index (Phi) is 7.46. The van der Waals surface area contributed by atoms with Crippen LogP contribution in [0, 0.1) is 0 Å². The van der Waals surface area contributed by atoms with Gasteiger partial charge in [-0.2, -0.15) is 0 Å².